The average molecular weight is 576 g/mol. The van der Waals surface area contributed by atoms with E-state index in [1.807, 2.05) is 0 Å². The molecule has 3 aromatic carbocycles. The zero-order valence-electron chi connectivity index (χ0n) is 22.6. The number of carbonyl (C=O) groups is 3. The molecule has 0 saturated heterocycles. The number of amides is 2. The molecule has 1 heterocycles. The number of primary amides is 1. The normalized spacial score (nSPS) is 13.3. The van der Waals surface area contributed by atoms with Crippen LogP contribution in [0.3, 0.4) is 0 Å². The van der Waals surface area contributed by atoms with Gasteiger partial charge in [-0.3, -0.25) is 19.5 Å². The fourth-order valence-electron chi connectivity index (χ4n) is 4.55. The van der Waals surface area contributed by atoms with Gasteiger partial charge in [-0.05, 0) is 67.8 Å². The predicted octanol–water partition coefficient (Wildman–Crippen LogP) is 5.60. The zero-order chi connectivity index (χ0) is 29.9. The summed E-state index contributed by atoms with van der Waals surface area (Å²) in [5.41, 5.74) is 5.00. The molecule has 1 aromatic heterocycles. The van der Waals surface area contributed by atoms with Crippen molar-refractivity contribution in [1.82, 2.24) is 4.98 Å². The van der Waals surface area contributed by atoms with Crippen LogP contribution in [0.1, 0.15) is 25.7 Å². The molecule has 0 radical (unpaired) electrons. The Hall–Kier alpha value is -5.06. The second-order valence-corrected chi connectivity index (χ2v) is 9.77. The van der Waals surface area contributed by atoms with E-state index in [-0.39, 0.29) is 35.7 Å². The SMILES string of the molecule is COc1cc2c(Oc3ccc(N(C(=O)C4(C(N)=O)CC4)c4ccc(F)cc4)cc3F)ccnc2cc1OCCCC=O. The highest BCUT2D eigenvalue weighted by Crippen LogP contribution is 2.49. The summed E-state index contributed by atoms with van der Waals surface area (Å²) >= 11 is 0. The van der Waals surface area contributed by atoms with E-state index in [9.17, 15) is 18.8 Å². The molecule has 0 aliphatic heterocycles. The minimum Gasteiger partial charge on any atom is -0.493 e. The minimum atomic E-state index is -1.40. The second-order valence-electron chi connectivity index (χ2n) is 9.77. The number of ether oxygens (including phenoxy) is 3. The number of nitrogens with two attached hydrogens (primary N) is 1. The Balaban J connectivity index is 1.46. The number of aromatic nitrogens is 1. The van der Waals surface area contributed by atoms with Gasteiger partial charge in [0.1, 0.15) is 23.3 Å². The van der Waals surface area contributed by atoms with Crippen molar-refractivity contribution in [2.75, 3.05) is 18.6 Å². The lowest BCUT2D eigenvalue weighted by Gasteiger charge is -2.26. The molecule has 0 atom stereocenters. The number of halogens is 2. The van der Waals surface area contributed by atoms with Gasteiger partial charge in [-0.25, -0.2) is 8.78 Å². The molecule has 1 fully saturated rings. The van der Waals surface area contributed by atoms with E-state index in [1.165, 1.54) is 37.6 Å². The van der Waals surface area contributed by atoms with E-state index >= 15 is 4.39 Å². The van der Waals surface area contributed by atoms with Gasteiger partial charge in [0.25, 0.3) is 0 Å². The van der Waals surface area contributed by atoms with Crippen molar-refractivity contribution in [3.8, 4) is 23.0 Å². The number of nitrogens with zero attached hydrogens (tertiary/aromatic N) is 2. The summed E-state index contributed by atoms with van der Waals surface area (Å²) in [5.74, 6) is -1.71. The van der Waals surface area contributed by atoms with Crippen LogP contribution in [0.25, 0.3) is 10.9 Å². The van der Waals surface area contributed by atoms with Gasteiger partial charge in [-0.2, -0.15) is 0 Å². The molecule has 0 unspecified atom stereocenters. The lowest BCUT2D eigenvalue weighted by Crippen LogP contribution is -2.41. The fourth-order valence-corrected chi connectivity index (χ4v) is 4.55. The summed E-state index contributed by atoms with van der Waals surface area (Å²) in [6, 6.07) is 13.9. The number of benzene rings is 3. The third kappa shape index (κ3) is 5.58. The first kappa shape index (κ1) is 28.5. The van der Waals surface area contributed by atoms with Gasteiger partial charge in [-0.15, -0.1) is 0 Å². The monoisotopic (exact) mass is 575 g/mol. The van der Waals surface area contributed by atoms with Crippen LogP contribution >= 0.6 is 0 Å². The van der Waals surface area contributed by atoms with Crippen LogP contribution < -0.4 is 24.8 Å². The molecule has 42 heavy (non-hydrogen) atoms. The van der Waals surface area contributed by atoms with Crippen LogP contribution in [-0.2, 0) is 14.4 Å². The van der Waals surface area contributed by atoms with Crippen molar-refractivity contribution in [3.05, 3.63) is 78.5 Å². The Morgan fingerprint density at radius 3 is 2.36 bits per heavy atom. The molecule has 5 rings (SSSR count). The van der Waals surface area contributed by atoms with Crippen molar-refractivity contribution in [1.29, 1.82) is 0 Å². The van der Waals surface area contributed by atoms with E-state index in [2.05, 4.69) is 4.98 Å². The Labute approximate surface area is 239 Å². The Kier molecular flexibility index (Phi) is 8.01. The van der Waals surface area contributed by atoms with Crippen molar-refractivity contribution >= 4 is 40.4 Å². The number of hydrogen-bond acceptors (Lipinski definition) is 7. The van der Waals surface area contributed by atoms with E-state index in [0.717, 1.165) is 29.4 Å². The number of methoxy groups -OCH3 is 1. The van der Waals surface area contributed by atoms with Crippen molar-refractivity contribution in [2.45, 2.75) is 25.7 Å². The summed E-state index contributed by atoms with van der Waals surface area (Å²) in [4.78, 5) is 41.7. The molecule has 1 aliphatic rings. The summed E-state index contributed by atoms with van der Waals surface area (Å²) in [7, 11) is 1.48. The number of hydrogen-bond donors (Lipinski definition) is 1. The first-order valence-corrected chi connectivity index (χ1v) is 13.2. The van der Waals surface area contributed by atoms with Gasteiger partial charge in [-0.1, -0.05) is 0 Å². The molecule has 216 valence electrons. The van der Waals surface area contributed by atoms with Crippen molar-refractivity contribution in [3.63, 3.8) is 0 Å². The van der Waals surface area contributed by atoms with Crippen LogP contribution in [0.2, 0.25) is 0 Å². The zero-order valence-corrected chi connectivity index (χ0v) is 22.6. The smallest absolute Gasteiger partial charge is 0.247 e. The number of rotatable bonds is 12. The first-order valence-electron chi connectivity index (χ1n) is 13.2. The van der Waals surface area contributed by atoms with E-state index in [1.54, 1.807) is 18.2 Å². The molecule has 2 N–H and O–H groups in total. The Morgan fingerprint density at radius 1 is 0.976 bits per heavy atom. The van der Waals surface area contributed by atoms with Crippen molar-refractivity contribution < 1.29 is 37.4 Å². The maximum Gasteiger partial charge on any atom is 0.247 e. The van der Waals surface area contributed by atoms with Gasteiger partial charge in [0.15, 0.2) is 23.1 Å². The number of carbonyl (C=O) groups excluding carboxylic acids is 3. The number of anilines is 2. The molecule has 2 amide bonds. The third-order valence-electron chi connectivity index (χ3n) is 7.02. The topological polar surface area (TPSA) is 121 Å². The molecule has 11 heteroatoms. The van der Waals surface area contributed by atoms with Crippen LogP contribution in [0.15, 0.2) is 66.9 Å². The summed E-state index contributed by atoms with van der Waals surface area (Å²) < 4.78 is 46.3. The fraction of sp³-hybridized carbons (Fsp3) is 0.226. The molecular weight excluding hydrogens is 548 g/mol. The Bertz CT molecular complexity index is 1660. The number of unbranched alkanes of at least 4 members (excludes halogenated alkanes) is 1. The maximum atomic E-state index is 15.5. The lowest BCUT2D eigenvalue weighted by molar-refractivity contribution is -0.133. The van der Waals surface area contributed by atoms with Gasteiger partial charge in [0.05, 0.1) is 24.9 Å². The molecule has 1 saturated carbocycles. The van der Waals surface area contributed by atoms with Gasteiger partial charge < -0.3 is 24.7 Å². The highest BCUT2D eigenvalue weighted by atomic mass is 19.1. The molecule has 4 aromatic rings. The van der Waals surface area contributed by atoms with E-state index in [0.29, 0.717) is 41.9 Å². The lowest BCUT2D eigenvalue weighted by atomic mass is 10.0. The Morgan fingerprint density at radius 2 is 1.71 bits per heavy atom. The molecule has 0 bridgehead atoms. The predicted molar refractivity (Wildman–Crippen MR) is 150 cm³/mol. The van der Waals surface area contributed by atoms with Crippen LogP contribution in [0, 0.1) is 17.0 Å². The number of pyridine rings is 1. The number of fused-ring (bicyclic) bond motifs is 1. The highest BCUT2D eigenvalue weighted by Gasteiger charge is 2.57. The largest absolute Gasteiger partial charge is 0.493 e. The standard InChI is InChI=1S/C31H27F2N3O6/c1-40-27-17-22-24(18-28(27)41-15-3-2-14-37)35-13-10-25(22)42-26-9-8-21(16-23(26)33)36(20-6-4-19(32)5-7-20)30(39)31(11-12-31)29(34)38/h4-10,13-14,16-18H,2-3,11-12,15H2,1H3,(H2,34,38). The maximum absolute atomic E-state index is 15.5. The molecule has 0 spiro atoms. The molecule has 1 aliphatic carbocycles. The first-order chi connectivity index (χ1) is 20.3. The third-order valence-corrected chi connectivity index (χ3v) is 7.02. The van der Waals surface area contributed by atoms with E-state index < -0.39 is 28.9 Å². The summed E-state index contributed by atoms with van der Waals surface area (Å²) in [6.45, 7) is 0.312. The van der Waals surface area contributed by atoms with E-state index in [4.69, 9.17) is 19.9 Å². The summed E-state index contributed by atoms with van der Waals surface area (Å²) in [6.07, 6.45) is 3.78. The van der Waals surface area contributed by atoms with Crippen LogP contribution in [0.4, 0.5) is 20.2 Å². The van der Waals surface area contributed by atoms with Crippen LogP contribution in [0.5, 0.6) is 23.0 Å². The van der Waals surface area contributed by atoms with Gasteiger partial charge in [0, 0.05) is 35.8 Å². The van der Waals surface area contributed by atoms with Gasteiger partial charge in [0.2, 0.25) is 11.8 Å². The summed E-state index contributed by atoms with van der Waals surface area (Å²) in [5, 5.41) is 0.526. The highest BCUT2D eigenvalue weighted by molar-refractivity contribution is 6.16. The molecule has 9 nitrogen and oxygen atoms in total. The quantitative estimate of drug-likeness (QED) is 0.133. The van der Waals surface area contributed by atoms with Gasteiger partial charge >= 0.3 is 0 Å². The average Bonchev–Trinajstić information content (AvgIpc) is 3.80. The second kappa shape index (κ2) is 11.8. The minimum absolute atomic E-state index is 0.113. The van der Waals surface area contributed by atoms with Crippen molar-refractivity contribution in [2.24, 2.45) is 11.1 Å². The number of aldehydes is 1. The van der Waals surface area contributed by atoms with Crippen LogP contribution in [-0.4, -0.2) is 36.8 Å². The molecular formula is C31H27F2N3O6.